The third kappa shape index (κ3) is 4.45. The highest BCUT2D eigenvalue weighted by Crippen LogP contribution is 2.43. The molecule has 10 heteroatoms. The van der Waals surface area contributed by atoms with Crippen LogP contribution in [0.1, 0.15) is 36.7 Å². The molecule has 168 valence electrons. The molecular formula is C22H24N4O5S. The van der Waals surface area contributed by atoms with Gasteiger partial charge in [-0.25, -0.2) is 8.42 Å². The van der Waals surface area contributed by atoms with Gasteiger partial charge in [-0.1, -0.05) is 6.92 Å². The maximum atomic E-state index is 12.8. The van der Waals surface area contributed by atoms with Gasteiger partial charge < -0.3 is 14.8 Å². The molecule has 0 atom stereocenters. The number of rotatable bonds is 6. The van der Waals surface area contributed by atoms with Gasteiger partial charge in [0.25, 0.3) is 5.91 Å². The van der Waals surface area contributed by atoms with Crippen molar-refractivity contribution in [1.82, 2.24) is 15.0 Å². The summed E-state index contributed by atoms with van der Waals surface area (Å²) in [5.74, 6) is 1.48. The van der Waals surface area contributed by atoms with Gasteiger partial charge in [0.2, 0.25) is 0 Å². The lowest BCUT2D eigenvalue weighted by Gasteiger charge is -2.16. The lowest BCUT2D eigenvalue weighted by atomic mass is 9.99. The molecule has 2 aromatic carbocycles. The molecule has 0 unspecified atom stereocenters. The van der Waals surface area contributed by atoms with Crippen LogP contribution in [-0.4, -0.2) is 40.7 Å². The number of sulfone groups is 1. The Labute approximate surface area is 186 Å². The maximum Gasteiger partial charge on any atom is 0.257 e. The summed E-state index contributed by atoms with van der Waals surface area (Å²) >= 11 is 0. The van der Waals surface area contributed by atoms with E-state index in [0.29, 0.717) is 35.1 Å². The van der Waals surface area contributed by atoms with Crippen LogP contribution >= 0.6 is 0 Å². The van der Waals surface area contributed by atoms with Crippen LogP contribution in [0.5, 0.6) is 17.2 Å². The lowest BCUT2D eigenvalue weighted by Crippen LogP contribution is -2.24. The smallest absolute Gasteiger partial charge is 0.257 e. The van der Waals surface area contributed by atoms with Gasteiger partial charge in [0.15, 0.2) is 15.7 Å². The maximum absolute atomic E-state index is 12.8. The van der Waals surface area contributed by atoms with E-state index in [1.54, 1.807) is 38.2 Å². The molecule has 3 aromatic rings. The SMILES string of the molecule is CCS(=O)(=O)c1ccc(Oc2cc(C(=O)Nc3cnn(C)n3)cc3c2CC(C)(C)O3)cc1. The van der Waals surface area contributed by atoms with E-state index in [1.165, 1.54) is 23.1 Å². The van der Waals surface area contributed by atoms with Gasteiger partial charge in [0, 0.05) is 24.6 Å². The quantitative estimate of drug-likeness (QED) is 0.605. The average molecular weight is 457 g/mol. The van der Waals surface area contributed by atoms with E-state index >= 15 is 0 Å². The number of aryl methyl sites for hydroxylation is 1. The zero-order chi connectivity index (χ0) is 23.1. The van der Waals surface area contributed by atoms with E-state index in [4.69, 9.17) is 9.47 Å². The first-order valence-corrected chi connectivity index (χ1v) is 11.8. The largest absolute Gasteiger partial charge is 0.487 e. The van der Waals surface area contributed by atoms with Crippen LogP contribution in [-0.2, 0) is 23.3 Å². The molecule has 2 heterocycles. The van der Waals surface area contributed by atoms with Crippen LogP contribution < -0.4 is 14.8 Å². The molecule has 0 spiro atoms. The van der Waals surface area contributed by atoms with E-state index in [0.717, 1.165) is 5.56 Å². The van der Waals surface area contributed by atoms with Crippen LogP contribution in [0, 0.1) is 0 Å². The van der Waals surface area contributed by atoms with Crippen molar-refractivity contribution in [3.63, 3.8) is 0 Å². The molecule has 0 bridgehead atoms. The van der Waals surface area contributed by atoms with Gasteiger partial charge in [-0.3, -0.25) is 4.79 Å². The van der Waals surface area contributed by atoms with Crippen molar-refractivity contribution in [2.24, 2.45) is 7.05 Å². The Kier molecular flexibility index (Phi) is 5.41. The Balaban J connectivity index is 1.66. The van der Waals surface area contributed by atoms with E-state index in [9.17, 15) is 13.2 Å². The second-order valence-electron chi connectivity index (χ2n) is 8.14. The lowest BCUT2D eigenvalue weighted by molar-refractivity contribution is 0.102. The number of nitrogens with zero attached hydrogens (tertiary/aromatic N) is 3. The van der Waals surface area contributed by atoms with E-state index in [1.807, 2.05) is 13.8 Å². The molecule has 0 aliphatic carbocycles. The predicted molar refractivity (Wildman–Crippen MR) is 118 cm³/mol. The van der Waals surface area contributed by atoms with Crippen molar-refractivity contribution >= 4 is 21.6 Å². The fraction of sp³-hybridized carbons (Fsp3) is 0.318. The Bertz CT molecular complexity index is 1280. The number of benzene rings is 2. The van der Waals surface area contributed by atoms with Crippen molar-refractivity contribution in [2.45, 2.75) is 37.7 Å². The Morgan fingerprint density at radius 3 is 2.59 bits per heavy atom. The van der Waals surface area contributed by atoms with Gasteiger partial charge in [-0.2, -0.15) is 9.90 Å². The van der Waals surface area contributed by atoms with Crippen LogP contribution in [0.15, 0.2) is 47.5 Å². The minimum Gasteiger partial charge on any atom is -0.487 e. The van der Waals surface area contributed by atoms with Crippen molar-refractivity contribution < 1.29 is 22.7 Å². The normalized spacial score (nSPS) is 14.5. The number of fused-ring (bicyclic) bond motifs is 1. The summed E-state index contributed by atoms with van der Waals surface area (Å²) in [6.45, 7) is 5.52. The number of carbonyl (C=O) groups is 1. The number of aromatic nitrogens is 3. The second kappa shape index (κ2) is 7.94. The van der Waals surface area contributed by atoms with Crippen LogP contribution in [0.25, 0.3) is 0 Å². The molecule has 0 saturated heterocycles. The first-order valence-electron chi connectivity index (χ1n) is 10.1. The summed E-state index contributed by atoms with van der Waals surface area (Å²) in [7, 11) is -1.64. The number of anilines is 1. The van der Waals surface area contributed by atoms with Crippen LogP contribution in [0.3, 0.4) is 0 Å². The molecular weight excluding hydrogens is 432 g/mol. The zero-order valence-corrected chi connectivity index (χ0v) is 19.1. The summed E-state index contributed by atoms with van der Waals surface area (Å²) in [4.78, 5) is 14.4. The molecule has 1 N–H and O–H groups in total. The number of ether oxygens (including phenoxy) is 2. The Hall–Kier alpha value is -3.40. The fourth-order valence-electron chi connectivity index (χ4n) is 3.47. The molecule has 1 amide bonds. The minimum atomic E-state index is -3.30. The van der Waals surface area contributed by atoms with Crippen LogP contribution in [0.2, 0.25) is 0 Å². The molecule has 9 nitrogen and oxygen atoms in total. The predicted octanol–water partition coefficient (Wildman–Crippen LogP) is 3.37. The molecule has 0 fully saturated rings. The standard InChI is InChI=1S/C22H24N4O5S/c1-5-32(28,29)16-8-6-15(7-9-16)30-18-10-14(11-19-17(18)12-22(2,3)31-19)21(27)24-20-13-23-26(4)25-20/h6-11,13H,5,12H2,1-4H3,(H,24,25,27). The van der Waals surface area contributed by atoms with E-state index in [2.05, 4.69) is 15.5 Å². The number of hydrogen-bond acceptors (Lipinski definition) is 7. The van der Waals surface area contributed by atoms with E-state index < -0.39 is 15.4 Å². The highest BCUT2D eigenvalue weighted by molar-refractivity contribution is 7.91. The van der Waals surface area contributed by atoms with Crippen molar-refractivity contribution in [1.29, 1.82) is 0 Å². The topological polar surface area (TPSA) is 112 Å². The van der Waals surface area contributed by atoms with Crippen molar-refractivity contribution in [3.8, 4) is 17.2 Å². The number of hydrogen-bond donors (Lipinski definition) is 1. The minimum absolute atomic E-state index is 0.0239. The third-order valence-electron chi connectivity index (χ3n) is 5.05. The average Bonchev–Trinajstić information content (AvgIpc) is 3.29. The summed E-state index contributed by atoms with van der Waals surface area (Å²) in [6.07, 6.45) is 2.06. The molecule has 32 heavy (non-hydrogen) atoms. The van der Waals surface area contributed by atoms with Gasteiger partial charge in [0.05, 0.1) is 16.8 Å². The first kappa shape index (κ1) is 21.8. The molecule has 0 radical (unpaired) electrons. The van der Waals surface area contributed by atoms with Crippen molar-refractivity contribution in [3.05, 3.63) is 53.7 Å². The highest BCUT2D eigenvalue weighted by Gasteiger charge is 2.34. The third-order valence-corrected chi connectivity index (χ3v) is 6.80. The monoisotopic (exact) mass is 456 g/mol. The Morgan fingerprint density at radius 1 is 1.25 bits per heavy atom. The number of carbonyl (C=O) groups excluding carboxylic acids is 1. The molecule has 4 rings (SSSR count). The Morgan fingerprint density at radius 2 is 1.97 bits per heavy atom. The summed E-state index contributed by atoms with van der Waals surface area (Å²) in [5, 5.41) is 10.7. The number of amides is 1. The van der Waals surface area contributed by atoms with Gasteiger partial charge in [-0.15, -0.1) is 5.10 Å². The van der Waals surface area contributed by atoms with Gasteiger partial charge in [0.1, 0.15) is 22.8 Å². The van der Waals surface area contributed by atoms with Crippen molar-refractivity contribution in [2.75, 3.05) is 11.1 Å². The summed E-state index contributed by atoms with van der Waals surface area (Å²) in [6, 6.07) is 9.55. The first-order chi connectivity index (χ1) is 15.1. The molecule has 1 aliphatic heterocycles. The van der Waals surface area contributed by atoms with E-state index in [-0.39, 0.29) is 16.6 Å². The highest BCUT2D eigenvalue weighted by atomic mass is 32.2. The zero-order valence-electron chi connectivity index (χ0n) is 18.2. The van der Waals surface area contributed by atoms with Gasteiger partial charge >= 0.3 is 0 Å². The fourth-order valence-corrected chi connectivity index (χ4v) is 4.35. The van der Waals surface area contributed by atoms with Crippen LogP contribution in [0.4, 0.5) is 5.82 Å². The summed E-state index contributed by atoms with van der Waals surface area (Å²) in [5.41, 5.74) is 0.739. The number of nitrogens with one attached hydrogen (secondary N) is 1. The van der Waals surface area contributed by atoms with Gasteiger partial charge in [-0.05, 0) is 50.2 Å². The molecule has 1 aromatic heterocycles. The molecule has 1 aliphatic rings. The second-order valence-corrected chi connectivity index (χ2v) is 10.4. The molecule has 0 saturated carbocycles. The summed E-state index contributed by atoms with van der Waals surface area (Å²) < 4.78 is 36.2.